The van der Waals surface area contributed by atoms with E-state index in [0.29, 0.717) is 11.3 Å². The standard InChI is InChI=1S/C16H16N2O/c1-12(2)18-15-9-6-10-16(14(15)11-17)19-13-7-4-3-5-8-13/h3-10,12,18H,1-2H3. The number of benzene rings is 2. The van der Waals surface area contributed by atoms with Crippen molar-refractivity contribution in [1.82, 2.24) is 0 Å². The van der Waals surface area contributed by atoms with Crippen molar-refractivity contribution in [2.75, 3.05) is 5.32 Å². The van der Waals surface area contributed by atoms with Crippen LogP contribution in [0.3, 0.4) is 0 Å². The molecule has 3 heteroatoms. The molecule has 19 heavy (non-hydrogen) atoms. The highest BCUT2D eigenvalue weighted by atomic mass is 16.5. The molecule has 0 spiro atoms. The second-order valence-electron chi connectivity index (χ2n) is 4.50. The minimum absolute atomic E-state index is 0.263. The third kappa shape index (κ3) is 3.26. The molecule has 0 aliphatic carbocycles. The van der Waals surface area contributed by atoms with E-state index in [1.54, 1.807) is 6.07 Å². The Balaban J connectivity index is 2.33. The van der Waals surface area contributed by atoms with Crippen LogP contribution in [-0.2, 0) is 0 Å². The molecule has 0 aliphatic heterocycles. The van der Waals surface area contributed by atoms with Crippen molar-refractivity contribution < 1.29 is 4.74 Å². The van der Waals surface area contributed by atoms with Gasteiger partial charge in [0.2, 0.25) is 0 Å². The summed E-state index contributed by atoms with van der Waals surface area (Å²) in [6, 6.07) is 17.5. The fourth-order valence-corrected chi connectivity index (χ4v) is 1.78. The Kier molecular flexibility index (Phi) is 4.04. The van der Waals surface area contributed by atoms with Crippen molar-refractivity contribution in [2.45, 2.75) is 19.9 Å². The van der Waals surface area contributed by atoms with Crippen LogP contribution in [0, 0.1) is 11.3 Å². The minimum atomic E-state index is 0.263. The van der Waals surface area contributed by atoms with Gasteiger partial charge in [0.1, 0.15) is 23.1 Å². The fourth-order valence-electron chi connectivity index (χ4n) is 1.78. The van der Waals surface area contributed by atoms with Crippen LogP contribution in [0.25, 0.3) is 0 Å². The molecule has 0 saturated heterocycles. The quantitative estimate of drug-likeness (QED) is 0.888. The van der Waals surface area contributed by atoms with Gasteiger partial charge in [-0.05, 0) is 38.1 Å². The Bertz CT molecular complexity index is 585. The van der Waals surface area contributed by atoms with Gasteiger partial charge < -0.3 is 10.1 Å². The summed E-state index contributed by atoms with van der Waals surface area (Å²) >= 11 is 0. The number of anilines is 1. The molecule has 3 nitrogen and oxygen atoms in total. The smallest absolute Gasteiger partial charge is 0.147 e. The lowest BCUT2D eigenvalue weighted by Gasteiger charge is -2.14. The summed E-state index contributed by atoms with van der Waals surface area (Å²) in [5.74, 6) is 1.29. The summed E-state index contributed by atoms with van der Waals surface area (Å²) < 4.78 is 5.76. The van der Waals surface area contributed by atoms with E-state index in [1.807, 2.05) is 56.3 Å². The van der Waals surface area contributed by atoms with E-state index in [4.69, 9.17) is 4.74 Å². The molecule has 0 heterocycles. The van der Waals surface area contributed by atoms with Gasteiger partial charge in [-0.25, -0.2) is 0 Å². The molecular weight excluding hydrogens is 236 g/mol. The van der Waals surface area contributed by atoms with E-state index in [9.17, 15) is 5.26 Å². The monoisotopic (exact) mass is 252 g/mol. The normalized spacial score (nSPS) is 10.0. The SMILES string of the molecule is CC(C)Nc1cccc(Oc2ccccc2)c1C#N. The fraction of sp³-hybridized carbons (Fsp3) is 0.188. The lowest BCUT2D eigenvalue weighted by molar-refractivity contribution is 0.481. The number of nitrogens with one attached hydrogen (secondary N) is 1. The number of rotatable bonds is 4. The third-order valence-electron chi connectivity index (χ3n) is 2.55. The number of ether oxygens (including phenoxy) is 1. The molecule has 0 fully saturated rings. The van der Waals surface area contributed by atoms with Crippen LogP contribution in [0.2, 0.25) is 0 Å². The van der Waals surface area contributed by atoms with Crippen LogP contribution >= 0.6 is 0 Å². The lowest BCUT2D eigenvalue weighted by Crippen LogP contribution is -2.11. The van der Waals surface area contributed by atoms with Gasteiger partial charge >= 0.3 is 0 Å². The van der Waals surface area contributed by atoms with Gasteiger partial charge in [0, 0.05) is 6.04 Å². The first-order valence-corrected chi connectivity index (χ1v) is 6.23. The predicted octanol–water partition coefficient (Wildman–Crippen LogP) is 4.17. The van der Waals surface area contributed by atoms with Gasteiger partial charge in [-0.15, -0.1) is 0 Å². The minimum Gasteiger partial charge on any atom is -0.456 e. The van der Waals surface area contributed by atoms with E-state index < -0.39 is 0 Å². The Morgan fingerprint density at radius 2 is 1.79 bits per heavy atom. The van der Waals surface area contributed by atoms with E-state index in [-0.39, 0.29) is 6.04 Å². The first kappa shape index (κ1) is 13.0. The summed E-state index contributed by atoms with van der Waals surface area (Å²) in [5.41, 5.74) is 1.32. The van der Waals surface area contributed by atoms with Crippen molar-refractivity contribution in [1.29, 1.82) is 5.26 Å². The van der Waals surface area contributed by atoms with Crippen molar-refractivity contribution in [3.63, 3.8) is 0 Å². The maximum atomic E-state index is 9.32. The summed E-state index contributed by atoms with van der Waals surface area (Å²) in [6.45, 7) is 4.07. The van der Waals surface area contributed by atoms with E-state index >= 15 is 0 Å². The highest BCUT2D eigenvalue weighted by Crippen LogP contribution is 2.30. The topological polar surface area (TPSA) is 45.0 Å². The second-order valence-corrected chi connectivity index (χ2v) is 4.50. The molecule has 2 aromatic rings. The van der Waals surface area contributed by atoms with Crippen LogP contribution in [0.1, 0.15) is 19.4 Å². The zero-order valence-corrected chi connectivity index (χ0v) is 11.1. The summed E-state index contributed by atoms with van der Waals surface area (Å²) in [5, 5.41) is 12.6. The molecule has 0 aliphatic rings. The zero-order valence-electron chi connectivity index (χ0n) is 11.1. The van der Waals surface area contributed by atoms with Gasteiger partial charge in [-0.1, -0.05) is 24.3 Å². The number of hydrogen-bond donors (Lipinski definition) is 1. The highest BCUT2D eigenvalue weighted by Gasteiger charge is 2.10. The molecule has 0 unspecified atom stereocenters. The Morgan fingerprint density at radius 1 is 1.05 bits per heavy atom. The van der Waals surface area contributed by atoms with Crippen LogP contribution in [0.15, 0.2) is 48.5 Å². The number of nitrogens with zero attached hydrogens (tertiary/aromatic N) is 1. The van der Waals surface area contributed by atoms with Crippen molar-refractivity contribution in [2.24, 2.45) is 0 Å². The molecule has 0 bridgehead atoms. The first-order chi connectivity index (χ1) is 9.20. The van der Waals surface area contributed by atoms with Crippen LogP contribution in [0.5, 0.6) is 11.5 Å². The van der Waals surface area contributed by atoms with Crippen molar-refractivity contribution in [3.05, 3.63) is 54.1 Å². The van der Waals surface area contributed by atoms with E-state index in [1.165, 1.54) is 0 Å². The predicted molar refractivity (Wildman–Crippen MR) is 76.4 cm³/mol. The Labute approximate surface area is 113 Å². The average molecular weight is 252 g/mol. The number of nitriles is 1. The molecular formula is C16H16N2O. The largest absolute Gasteiger partial charge is 0.456 e. The average Bonchev–Trinajstić information content (AvgIpc) is 2.39. The van der Waals surface area contributed by atoms with Crippen molar-refractivity contribution >= 4 is 5.69 Å². The van der Waals surface area contributed by atoms with Gasteiger partial charge in [-0.2, -0.15) is 5.26 Å². The Hall–Kier alpha value is -2.47. The van der Waals surface area contributed by atoms with Crippen LogP contribution < -0.4 is 10.1 Å². The van der Waals surface area contributed by atoms with Gasteiger partial charge in [-0.3, -0.25) is 0 Å². The van der Waals surface area contributed by atoms with E-state index in [2.05, 4.69) is 11.4 Å². The second kappa shape index (κ2) is 5.92. The molecule has 2 aromatic carbocycles. The molecule has 0 radical (unpaired) electrons. The molecule has 1 N–H and O–H groups in total. The molecule has 96 valence electrons. The molecule has 0 aromatic heterocycles. The highest BCUT2D eigenvalue weighted by molar-refractivity contribution is 5.64. The Morgan fingerprint density at radius 3 is 2.42 bits per heavy atom. The van der Waals surface area contributed by atoms with Gasteiger partial charge in [0.25, 0.3) is 0 Å². The van der Waals surface area contributed by atoms with Crippen LogP contribution in [0.4, 0.5) is 5.69 Å². The maximum Gasteiger partial charge on any atom is 0.147 e. The van der Waals surface area contributed by atoms with Crippen LogP contribution in [-0.4, -0.2) is 6.04 Å². The van der Waals surface area contributed by atoms with Gasteiger partial charge in [0.05, 0.1) is 5.69 Å². The summed E-state index contributed by atoms with van der Waals surface area (Å²) in [7, 11) is 0. The number of hydrogen-bond acceptors (Lipinski definition) is 3. The first-order valence-electron chi connectivity index (χ1n) is 6.23. The van der Waals surface area contributed by atoms with Gasteiger partial charge in [0.15, 0.2) is 0 Å². The third-order valence-corrected chi connectivity index (χ3v) is 2.55. The summed E-state index contributed by atoms with van der Waals surface area (Å²) in [6.07, 6.45) is 0. The molecule has 0 saturated carbocycles. The lowest BCUT2D eigenvalue weighted by atomic mass is 10.1. The molecule has 2 rings (SSSR count). The molecule has 0 amide bonds. The van der Waals surface area contributed by atoms with Crippen molar-refractivity contribution in [3.8, 4) is 17.6 Å². The molecule has 0 atom stereocenters. The summed E-state index contributed by atoms with van der Waals surface area (Å²) in [4.78, 5) is 0. The van der Waals surface area contributed by atoms with E-state index in [0.717, 1.165) is 11.4 Å². The zero-order chi connectivity index (χ0) is 13.7. The number of para-hydroxylation sites is 1. The maximum absolute atomic E-state index is 9.32.